The van der Waals surface area contributed by atoms with Crippen molar-refractivity contribution >= 4 is 11.3 Å². The molecule has 0 atom stereocenters. The molecule has 0 aliphatic heterocycles. The SMILES string of the molecule is CCCNCc1cccc(C)c1OCCc1scnc1C. The van der Waals surface area contributed by atoms with Crippen molar-refractivity contribution in [3.8, 4) is 5.75 Å². The van der Waals surface area contributed by atoms with Crippen LogP contribution in [0.2, 0.25) is 0 Å². The second kappa shape index (κ2) is 8.15. The smallest absolute Gasteiger partial charge is 0.126 e. The summed E-state index contributed by atoms with van der Waals surface area (Å²) in [4.78, 5) is 5.59. The molecule has 21 heavy (non-hydrogen) atoms. The summed E-state index contributed by atoms with van der Waals surface area (Å²) in [5.41, 5.74) is 5.47. The highest BCUT2D eigenvalue weighted by atomic mass is 32.1. The molecule has 2 rings (SSSR count). The van der Waals surface area contributed by atoms with Crippen LogP contribution in [-0.2, 0) is 13.0 Å². The summed E-state index contributed by atoms with van der Waals surface area (Å²) in [6.45, 7) is 8.95. The second-order valence-electron chi connectivity index (χ2n) is 5.20. The summed E-state index contributed by atoms with van der Waals surface area (Å²) >= 11 is 1.71. The molecule has 1 aromatic carbocycles. The maximum absolute atomic E-state index is 6.07. The van der Waals surface area contributed by atoms with Gasteiger partial charge in [0.1, 0.15) is 5.75 Å². The standard InChI is InChI=1S/C17H24N2OS/c1-4-9-18-11-15-7-5-6-13(2)17(15)20-10-8-16-14(3)19-12-21-16/h5-7,12,18H,4,8-11H2,1-3H3. The Balaban J connectivity index is 1.96. The van der Waals surface area contributed by atoms with Crippen molar-refractivity contribution in [3.63, 3.8) is 0 Å². The van der Waals surface area contributed by atoms with Crippen molar-refractivity contribution in [1.82, 2.24) is 10.3 Å². The number of benzene rings is 1. The van der Waals surface area contributed by atoms with Gasteiger partial charge in [0.2, 0.25) is 0 Å². The highest BCUT2D eigenvalue weighted by Crippen LogP contribution is 2.24. The molecule has 1 N–H and O–H groups in total. The summed E-state index contributed by atoms with van der Waals surface area (Å²) in [6, 6.07) is 6.35. The van der Waals surface area contributed by atoms with E-state index in [0.29, 0.717) is 6.61 Å². The maximum Gasteiger partial charge on any atom is 0.126 e. The fourth-order valence-corrected chi connectivity index (χ4v) is 3.03. The minimum absolute atomic E-state index is 0.703. The fraction of sp³-hybridized carbons (Fsp3) is 0.471. The minimum Gasteiger partial charge on any atom is -0.493 e. The molecule has 0 amide bonds. The first-order chi connectivity index (χ1) is 10.2. The van der Waals surface area contributed by atoms with Crippen LogP contribution in [-0.4, -0.2) is 18.1 Å². The van der Waals surface area contributed by atoms with E-state index in [9.17, 15) is 0 Å². The third kappa shape index (κ3) is 4.55. The first-order valence-corrected chi connectivity index (χ1v) is 8.41. The molecule has 1 heterocycles. The molecule has 0 bridgehead atoms. The van der Waals surface area contributed by atoms with Crippen molar-refractivity contribution < 1.29 is 4.74 Å². The van der Waals surface area contributed by atoms with Crippen LogP contribution in [0.4, 0.5) is 0 Å². The Bertz CT molecular complexity index is 566. The summed E-state index contributed by atoms with van der Waals surface area (Å²) in [7, 11) is 0. The van der Waals surface area contributed by atoms with Gasteiger partial charge < -0.3 is 10.1 Å². The van der Waals surface area contributed by atoms with Gasteiger partial charge in [-0.2, -0.15) is 0 Å². The first-order valence-electron chi connectivity index (χ1n) is 7.53. The fourth-order valence-electron chi connectivity index (χ4n) is 2.27. The molecule has 114 valence electrons. The van der Waals surface area contributed by atoms with Gasteiger partial charge in [-0.05, 0) is 32.4 Å². The van der Waals surface area contributed by atoms with E-state index in [4.69, 9.17) is 4.74 Å². The van der Waals surface area contributed by atoms with E-state index in [1.807, 2.05) is 5.51 Å². The number of rotatable bonds is 8. The van der Waals surface area contributed by atoms with E-state index in [0.717, 1.165) is 37.4 Å². The molecule has 0 fully saturated rings. The Kier molecular flexibility index (Phi) is 6.21. The molecule has 0 saturated carbocycles. The zero-order valence-corrected chi connectivity index (χ0v) is 13.9. The molecule has 4 heteroatoms. The predicted molar refractivity (Wildman–Crippen MR) is 89.2 cm³/mol. The van der Waals surface area contributed by atoms with Crippen molar-refractivity contribution in [2.75, 3.05) is 13.2 Å². The molecular weight excluding hydrogens is 280 g/mol. The topological polar surface area (TPSA) is 34.1 Å². The lowest BCUT2D eigenvalue weighted by molar-refractivity contribution is 0.316. The molecule has 0 radical (unpaired) electrons. The Morgan fingerprint density at radius 1 is 1.29 bits per heavy atom. The van der Waals surface area contributed by atoms with Crippen molar-refractivity contribution in [2.45, 2.75) is 40.2 Å². The number of nitrogens with one attached hydrogen (secondary N) is 1. The molecule has 3 nitrogen and oxygen atoms in total. The van der Waals surface area contributed by atoms with Gasteiger partial charge in [-0.15, -0.1) is 11.3 Å². The molecule has 0 saturated heterocycles. The van der Waals surface area contributed by atoms with Crippen LogP contribution < -0.4 is 10.1 Å². The van der Waals surface area contributed by atoms with Crippen molar-refractivity contribution in [3.05, 3.63) is 45.4 Å². The second-order valence-corrected chi connectivity index (χ2v) is 6.14. The summed E-state index contributed by atoms with van der Waals surface area (Å²) < 4.78 is 6.07. The Hall–Kier alpha value is -1.39. The average Bonchev–Trinajstić information content (AvgIpc) is 2.87. The van der Waals surface area contributed by atoms with E-state index < -0.39 is 0 Å². The molecule has 2 aromatic rings. The number of aromatic nitrogens is 1. The normalized spacial score (nSPS) is 10.8. The minimum atomic E-state index is 0.703. The van der Waals surface area contributed by atoms with E-state index >= 15 is 0 Å². The van der Waals surface area contributed by atoms with Crippen LogP contribution >= 0.6 is 11.3 Å². The number of nitrogens with zero attached hydrogens (tertiary/aromatic N) is 1. The van der Waals surface area contributed by atoms with Gasteiger partial charge in [-0.25, -0.2) is 4.98 Å². The number of hydrogen-bond donors (Lipinski definition) is 1. The van der Waals surface area contributed by atoms with Crippen LogP contribution in [0.15, 0.2) is 23.7 Å². The summed E-state index contributed by atoms with van der Waals surface area (Å²) in [5, 5.41) is 3.44. The molecule has 0 spiro atoms. The number of para-hydroxylation sites is 1. The van der Waals surface area contributed by atoms with Crippen LogP contribution in [0.1, 0.15) is 35.0 Å². The summed E-state index contributed by atoms with van der Waals surface area (Å²) in [5.74, 6) is 1.03. The molecule has 1 aromatic heterocycles. The van der Waals surface area contributed by atoms with Gasteiger partial charge in [0.15, 0.2) is 0 Å². The lowest BCUT2D eigenvalue weighted by atomic mass is 10.1. The quantitative estimate of drug-likeness (QED) is 0.752. The third-order valence-electron chi connectivity index (χ3n) is 3.46. The van der Waals surface area contributed by atoms with Gasteiger partial charge in [-0.3, -0.25) is 0 Å². The Morgan fingerprint density at radius 3 is 2.86 bits per heavy atom. The van der Waals surface area contributed by atoms with Gasteiger partial charge >= 0.3 is 0 Å². The van der Waals surface area contributed by atoms with E-state index in [2.05, 4.69) is 49.3 Å². The first kappa shape index (κ1) is 16.0. The predicted octanol–water partition coefficient (Wildman–Crippen LogP) is 3.88. The van der Waals surface area contributed by atoms with Gasteiger partial charge in [0.05, 0.1) is 17.8 Å². The Morgan fingerprint density at radius 2 is 2.14 bits per heavy atom. The molecule has 0 unspecified atom stereocenters. The van der Waals surface area contributed by atoms with Crippen molar-refractivity contribution in [2.24, 2.45) is 0 Å². The molecule has 0 aliphatic rings. The van der Waals surface area contributed by atoms with E-state index in [-0.39, 0.29) is 0 Å². The lowest BCUT2D eigenvalue weighted by Crippen LogP contribution is -2.15. The van der Waals surface area contributed by atoms with Crippen LogP contribution in [0.3, 0.4) is 0 Å². The maximum atomic E-state index is 6.07. The van der Waals surface area contributed by atoms with Gasteiger partial charge in [0, 0.05) is 23.4 Å². The van der Waals surface area contributed by atoms with Crippen LogP contribution in [0.25, 0.3) is 0 Å². The van der Waals surface area contributed by atoms with Crippen LogP contribution in [0.5, 0.6) is 5.75 Å². The number of aryl methyl sites for hydroxylation is 2. The number of hydrogen-bond acceptors (Lipinski definition) is 4. The lowest BCUT2D eigenvalue weighted by Gasteiger charge is -2.14. The van der Waals surface area contributed by atoms with Crippen LogP contribution in [0, 0.1) is 13.8 Å². The molecular formula is C17H24N2OS. The Labute approximate surface area is 131 Å². The largest absolute Gasteiger partial charge is 0.493 e. The monoisotopic (exact) mass is 304 g/mol. The highest BCUT2D eigenvalue weighted by Gasteiger charge is 2.08. The van der Waals surface area contributed by atoms with Gasteiger partial charge in [0.25, 0.3) is 0 Å². The highest BCUT2D eigenvalue weighted by molar-refractivity contribution is 7.09. The molecule has 0 aliphatic carbocycles. The number of ether oxygens (including phenoxy) is 1. The zero-order valence-electron chi connectivity index (χ0n) is 13.1. The van der Waals surface area contributed by atoms with Gasteiger partial charge in [-0.1, -0.05) is 25.1 Å². The average molecular weight is 304 g/mol. The third-order valence-corrected chi connectivity index (χ3v) is 4.45. The summed E-state index contributed by atoms with van der Waals surface area (Å²) in [6.07, 6.45) is 2.07. The number of thiazole rings is 1. The zero-order chi connectivity index (χ0) is 15.1. The van der Waals surface area contributed by atoms with Crippen molar-refractivity contribution in [1.29, 1.82) is 0 Å². The van der Waals surface area contributed by atoms with E-state index in [1.165, 1.54) is 16.0 Å². The van der Waals surface area contributed by atoms with E-state index in [1.54, 1.807) is 11.3 Å².